The van der Waals surface area contributed by atoms with Crippen molar-refractivity contribution in [3.63, 3.8) is 0 Å². The van der Waals surface area contributed by atoms with Crippen molar-refractivity contribution in [3.05, 3.63) is 17.5 Å². The van der Waals surface area contributed by atoms with Gasteiger partial charge in [0.05, 0.1) is 0 Å². The maximum atomic E-state index is 11.1. The summed E-state index contributed by atoms with van der Waals surface area (Å²) in [5.74, 6) is 1.10. The van der Waals surface area contributed by atoms with Gasteiger partial charge < -0.3 is 10.0 Å². The zero-order valence-corrected chi connectivity index (χ0v) is 11.2. The van der Waals surface area contributed by atoms with Gasteiger partial charge in [0.1, 0.15) is 0 Å². The van der Waals surface area contributed by atoms with E-state index in [1.807, 2.05) is 6.92 Å². The molecule has 0 aliphatic heterocycles. The van der Waals surface area contributed by atoms with Gasteiger partial charge >= 0.3 is 5.97 Å². The van der Waals surface area contributed by atoms with Gasteiger partial charge in [0, 0.05) is 18.8 Å². The van der Waals surface area contributed by atoms with Crippen LogP contribution in [0.15, 0.2) is 6.07 Å². The zero-order chi connectivity index (χ0) is 13.4. The van der Waals surface area contributed by atoms with Crippen LogP contribution in [0, 0.1) is 18.8 Å². The molecule has 102 valence electrons. The summed E-state index contributed by atoms with van der Waals surface area (Å²) in [4.78, 5) is 21.9. The molecule has 0 aromatic carbocycles. The molecule has 0 amide bonds. The minimum Gasteiger partial charge on any atom is -0.477 e. The molecule has 5 nitrogen and oxygen atoms in total. The first-order valence-corrected chi connectivity index (χ1v) is 6.96. The molecule has 0 atom stereocenters. The number of nitrogens with zero attached hydrogens (tertiary/aromatic N) is 3. The quantitative estimate of drug-likeness (QED) is 0.849. The van der Waals surface area contributed by atoms with Crippen LogP contribution in [0.25, 0.3) is 0 Å². The highest BCUT2D eigenvalue weighted by Crippen LogP contribution is 2.34. The predicted molar refractivity (Wildman–Crippen MR) is 71.4 cm³/mol. The van der Waals surface area contributed by atoms with E-state index in [1.165, 1.54) is 31.7 Å². The molecule has 0 spiro atoms. The lowest BCUT2D eigenvalue weighted by molar-refractivity contribution is 0.0690. The summed E-state index contributed by atoms with van der Waals surface area (Å²) >= 11 is 0. The van der Waals surface area contributed by atoms with Crippen molar-refractivity contribution < 1.29 is 9.90 Å². The van der Waals surface area contributed by atoms with Crippen molar-refractivity contribution in [1.29, 1.82) is 0 Å². The molecule has 0 unspecified atom stereocenters. The summed E-state index contributed by atoms with van der Waals surface area (Å²) in [5, 5.41) is 9.10. The van der Waals surface area contributed by atoms with E-state index in [0.29, 0.717) is 5.95 Å². The number of anilines is 1. The highest BCUT2D eigenvalue weighted by molar-refractivity contribution is 5.85. The van der Waals surface area contributed by atoms with Crippen molar-refractivity contribution in [3.8, 4) is 0 Å². The molecule has 19 heavy (non-hydrogen) atoms. The number of rotatable bonds is 6. The first-order chi connectivity index (χ1) is 9.11. The third-order valence-corrected chi connectivity index (χ3v) is 3.70. The summed E-state index contributed by atoms with van der Waals surface area (Å²) in [6, 6.07) is 1.53. The van der Waals surface area contributed by atoms with Gasteiger partial charge in [-0.2, -0.15) is 0 Å². The predicted octanol–water partition coefficient (Wildman–Crippen LogP) is 2.11. The molecule has 2 aliphatic rings. The van der Waals surface area contributed by atoms with Crippen LogP contribution in [0.1, 0.15) is 41.9 Å². The van der Waals surface area contributed by atoms with Gasteiger partial charge in [0.2, 0.25) is 5.95 Å². The standard InChI is InChI=1S/C14H19N3O2/c1-9-6-12(13(18)19)16-14(15-9)17(7-10-2-3-10)8-11-4-5-11/h6,10-11H,2-5,7-8H2,1H3,(H,18,19). The van der Waals surface area contributed by atoms with Gasteiger partial charge in [-0.1, -0.05) is 0 Å². The van der Waals surface area contributed by atoms with Crippen LogP contribution in [0.3, 0.4) is 0 Å². The number of carbonyl (C=O) groups is 1. The van der Waals surface area contributed by atoms with Crippen molar-refractivity contribution in [1.82, 2.24) is 9.97 Å². The number of hydrogen-bond donors (Lipinski definition) is 1. The van der Waals surface area contributed by atoms with Crippen LogP contribution in [0.4, 0.5) is 5.95 Å². The van der Waals surface area contributed by atoms with E-state index in [1.54, 1.807) is 0 Å². The molecule has 1 N–H and O–H groups in total. The maximum absolute atomic E-state index is 11.1. The molecule has 1 aromatic rings. The number of aromatic nitrogens is 2. The lowest BCUT2D eigenvalue weighted by Crippen LogP contribution is -2.30. The Bertz CT molecular complexity index is 481. The van der Waals surface area contributed by atoms with Gasteiger partial charge in [-0.15, -0.1) is 0 Å². The second kappa shape index (κ2) is 4.79. The third-order valence-electron chi connectivity index (χ3n) is 3.70. The van der Waals surface area contributed by atoms with Crippen LogP contribution in [-0.4, -0.2) is 34.1 Å². The average molecular weight is 261 g/mol. The molecule has 2 aliphatic carbocycles. The van der Waals surface area contributed by atoms with Gasteiger partial charge in [-0.25, -0.2) is 14.8 Å². The number of aromatic carboxylic acids is 1. The Balaban J connectivity index is 1.84. The van der Waals surface area contributed by atoms with Gasteiger partial charge in [0.25, 0.3) is 0 Å². The van der Waals surface area contributed by atoms with E-state index in [0.717, 1.165) is 30.6 Å². The fourth-order valence-corrected chi connectivity index (χ4v) is 2.27. The number of hydrogen-bond acceptors (Lipinski definition) is 4. The highest BCUT2D eigenvalue weighted by Gasteiger charge is 2.30. The first kappa shape index (κ1) is 12.4. The van der Waals surface area contributed by atoms with Crippen molar-refractivity contribution in [2.45, 2.75) is 32.6 Å². The molecular formula is C14H19N3O2. The van der Waals surface area contributed by atoms with Gasteiger partial charge in [0.15, 0.2) is 5.69 Å². The molecule has 0 bridgehead atoms. The highest BCUT2D eigenvalue weighted by atomic mass is 16.4. The average Bonchev–Trinajstić information content (AvgIpc) is 3.22. The molecule has 1 heterocycles. The fourth-order valence-electron chi connectivity index (χ4n) is 2.27. The molecule has 5 heteroatoms. The van der Waals surface area contributed by atoms with Crippen molar-refractivity contribution in [2.24, 2.45) is 11.8 Å². The van der Waals surface area contributed by atoms with E-state index in [4.69, 9.17) is 5.11 Å². The van der Waals surface area contributed by atoms with E-state index in [2.05, 4.69) is 14.9 Å². The smallest absolute Gasteiger partial charge is 0.354 e. The van der Waals surface area contributed by atoms with Crippen LogP contribution < -0.4 is 4.90 Å². The van der Waals surface area contributed by atoms with E-state index >= 15 is 0 Å². The van der Waals surface area contributed by atoms with Crippen LogP contribution >= 0.6 is 0 Å². The summed E-state index contributed by atoms with van der Waals surface area (Å²) in [6.07, 6.45) is 5.11. The van der Waals surface area contributed by atoms with Crippen LogP contribution in [0.5, 0.6) is 0 Å². The molecule has 2 fully saturated rings. The van der Waals surface area contributed by atoms with E-state index < -0.39 is 5.97 Å². The fraction of sp³-hybridized carbons (Fsp3) is 0.643. The summed E-state index contributed by atoms with van der Waals surface area (Å²) < 4.78 is 0. The largest absolute Gasteiger partial charge is 0.477 e. The first-order valence-electron chi connectivity index (χ1n) is 6.96. The third kappa shape index (κ3) is 3.22. The summed E-state index contributed by atoms with van der Waals surface area (Å²) in [7, 11) is 0. The molecule has 1 aromatic heterocycles. The molecule has 2 saturated carbocycles. The van der Waals surface area contributed by atoms with Crippen molar-refractivity contribution >= 4 is 11.9 Å². The Morgan fingerprint density at radius 1 is 1.26 bits per heavy atom. The van der Waals surface area contributed by atoms with Crippen LogP contribution in [0.2, 0.25) is 0 Å². The SMILES string of the molecule is Cc1cc(C(=O)O)nc(N(CC2CC2)CC2CC2)n1. The minimum absolute atomic E-state index is 0.0964. The normalized spacial score (nSPS) is 18.4. The molecule has 3 rings (SSSR count). The Kier molecular flexibility index (Phi) is 3.12. The van der Waals surface area contributed by atoms with Crippen molar-refractivity contribution in [2.75, 3.05) is 18.0 Å². The topological polar surface area (TPSA) is 66.3 Å². The minimum atomic E-state index is -0.982. The zero-order valence-electron chi connectivity index (χ0n) is 11.2. The Morgan fingerprint density at radius 3 is 2.32 bits per heavy atom. The lowest BCUT2D eigenvalue weighted by Gasteiger charge is -2.23. The van der Waals surface area contributed by atoms with E-state index in [-0.39, 0.29) is 5.69 Å². The Morgan fingerprint density at radius 2 is 1.84 bits per heavy atom. The summed E-state index contributed by atoms with van der Waals surface area (Å²) in [5.41, 5.74) is 0.818. The van der Waals surface area contributed by atoms with E-state index in [9.17, 15) is 4.79 Å². The van der Waals surface area contributed by atoms with Gasteiger partial charge in [-0.05, 0) is 50.5 Å². The number of carboxylic acid groups (broad SMARTS) is 1. The number of carboxylic acids is 1. The van der Waals surface area contributed by atoms with Gasteiger partial charge in [-0.3, -0.25) is 0 Å². The molecule has 0 saturated heterocycles. The Labute approximate surface area is 112 Å². The Hall–Kier alpha value is -1.65. The number of aryl methyl sites for hydroxylation is 1. The molecular weight excluding hydrogens is 242 g/mol. The second-order valence-corrected chi connectivity index (χ2v) is 5.79. The maximum Gasteiger partial charge on any atom is 0.354 e. The molecule has 0 radical (unpaired) electrons. The van der Waals surface area contributed by atoms with Crippen LogP contribution in [-0.2, 0) is 0 Å². The lowest BCUT2D eigenvalue weighted by atomic mass is 10.3. The second-order valence-electron chi connectivity index (χ2n) is 5.79. The monoisotopic (exact) mass is 261 g/mol. The summed E-state index contributed by atoms with van der Waals surface area (Å²) in [6.45, 7) is 3.77.